The number of hydrogen-bond acceptors (Lipinski definition) is 3. The molecule has 100 valence electrons. The molecule has 0 saturated carbocycles. The Kier molecular flexibility index (Phi) is 3.09. The zero-order valence-electron chi connectivity index (χ0n) is 10.6. The predicted octanol–water partition coefficient (Wildman–Crippen LogP) is 2.49. The van der Waals surface area contributed by atoms with Crippen LogP contribution >= 0.6 is 0 Å². The van der Waals surface area contributed by atoms with E-state index in [-0.39, 0.29) is 0 Å². The van der Waals surface area contributed by atoms with Gasteiger partial charge in [0, 0.05) is 0 Å². The Morgan fingerprint density at radius 3 is 2.55 bits per heavy atom. The standard InChI is InChI=1S/C15H12N2O3/c18-14(19)10-20-15-12-8-4-5-9-13(12)17(16-15)11-6-2-1-3-7-11/h1-9H,10H2,(H,18,19). The number of ether oxygens (including phenoxy) is 1. The third kappa shape index (κ3) is 2.21. The molecule has 1 aromatic heterocycles. The van der Waals surface area contributed by atoms with Gasteiger partial charge in [-0.2, -0.15) is 0 Å². The lowest BCUT2D eigenvalue weighted by Gasteiger charge is -2.01. The van der Waals surface area contributed by atoms with Gasteiger partial charge in [0.25, 0.3) is 0 Å². The Bertz CT molecular complexity index is 750. The Labute approximate surface area is 115 Å². The van der Waals surface area contributed by atoms with Gasteiger partial charge in [-0.3, -0.25) is 0 Å². The summed E-state index contributed by atoms with van der Waals surface area (Å²) in [6.07, 6.45) is 0. The third-order valence-corrected chi connectivity index (χ3v) is 2.89. The second-order valence-corrected chi connectivity index (χ2v) is 4.25. The summed E-state index contributed by atoms with van der Waals surface area (Å²) in [6, 6.07) is 17.2. The fourth-order valence-electron chi connectivity index (χ4n) is 2.04. The maximum absolute atomic E-state index is 10.6. The van der Waals surface area contributed by atoms with Gasteiger partial charge in [-0.25, -0.2) is 9.48 Å². The summed E-state index contributed by atoms with van der Waals surface area (Å²) in [7, 11) is 0. The first-order chi connectivity index (χ1) is 9.75. The maximum Gasteiger partial charge on any atom is 0.341 e. The molecule has 0 bridgehead atoms. The summed E-state index contributed by atoms with van der Waals surface area (Å²) in [6.45, 7) is -0.407. The molecule has 0 aliphatic rings. The number of rotatable bonds is 4. The third-order valence-electron chi connectivity index (χ3n) is 2.89. The Balaban J connectivity index is 2.11. The molecule has 0 unspecified atom stereocenters. The highest BCUT2D eigenvalue weighted by atomic mass is 16.5. The van der Waals surface area contributed by atoms with Crippen molar-refractivity contribution in [3.05, 3.63) is 54.6 Å². The van der Waals surface area contributed by atoms with Gasteiger partial charge in [0.2, 0.25) is 5.88 Å². The van der Waals surface area contributed by atoms with Crippen LogP contribution in [0.2, 0.25) is 0 Å². The Hall–Kier alpha value is -2.82. The van der Waals surface area contributed by atoms with Crippen molar-refractivity contribution in [2.75, 3.05) is 6.61 Å². The molecule has 3 rings (SSSR count). The van der Waals surface area contributed by atoms with Crippen LogP contribution < -0.4 is 4.74 Å². The highest BCUT2D eigenvalue weighted by Crippen LogP contribution is 2.27. The van der Waals surface area contributed by atoms with Crippen LogP contribution in [0.3, 0.4) is 0 Å². The average molecular weight is 268 g/mol. The van der Waals surface area contributed by atoms with E-state index in [0.29, 0.717) is 5.88 Å². The van der Waals surface area contributed by atoms with Crippen molar-refractivity contribution >= 4 is 16.9 Å². The number of aromatic nitrogens is 2. The van der Waals surface area contributed by atoms with E-state index in [2.05, 4.69) is 5.10 Å². The molecule has 20 heavy (non-hydrogen) atoms. The molecule has 0 amide bonds. The van der Waals surface area contributed by atoms with E-state index in [1.807, 2.05) is 54.6 Å². The molecule has 0 radical (unpaired) electrons. The molecular weight excluding hydrogens is 256 g/mol. The Morgan fingerprint density at radius 1 is 1.10 bits per heavy atom. The second kappa shape index (κ2) is 5.05. The summed E-state index contributed by atoms with van der Waals surface area (Å²) in [5, 5.41) is 13.9. The summed E-state index contributed by atoms with van der Waals surface area (Å²) in [5.74, 6) is -0.699. The number of carboxylic acids is 1. The van der Waals surface area contributed by atoms with E-state index >= 15 is 0 Å². The summed E-state index contributed by atoms with van der Waals surface area (Å²) >= 11 is 0. The average Bonchev–Trinajstić information content (AvgIpc) is 2.85. The van der Waals surface area contributed by atoms with Crippen LogP contribution in [0.15, 0.2) is 54.6 Å². The van der Waals surface area contributed by atoms with E-state index in [4.69, 9.17) is 9.84 Å². The van der Waals surface area contributed by atoms with E-state index < -0.39 is 12.6 Å². The predicted molar refractivity (Wildman–Crippen MR) is 74.2 cm³/mol. The summed E-state index contributed by atoms with van der Waals surface area (Å²) in [5.41, 5.74) is 1.77. The van der Waals surface area contributed by atoms with E-state index in [0.717, 1.165) is 16.6 Å². The maximum atomic E-state index is 10.6. The number of para-hydroxylation sites is 2. The normalized spacial score (nSPS) is 10.6. The van der Waals surface area contributed by atoms with Gasteiger partial charge < -0.3 is 9.84 Å². The van der Waals surface area contributed by atoms with E-state index in [9.17, 15) is 4.79 Å². The Morgan fingerprint density at radius 2 is 1.80 bits per heavy atom. The first-order valence-corrected chi connectivity index (χ1v) is 6.13. The van der Waals surface area contributed by atoms with Crippen LogP contribution in [-0.4, -0.2) is 27.5 Å². The quantitative estimate of drug-likeness (QED) is 0.789. The van der Waals surface area contributed by atoms with Crippen molar-refractivity contribution in [2.24, 2.45) is 0 Å². The highest BCUT2D eigenvalue weighted by molar-refractivity contribution is 5.86. The summed E-state index contributed by atoms with van der Waals surface area (Å²) in [4.78, 5) is 10.6. The van der Waals surface area contributed by atoms with Gasteiger partial charge in [-0.05, 0) is 24.3 Å². The monoisotopic (exact) mass is 268 g/mol. The van der Waals surface area contributed by atoms with Gasteiger partial charge in [0.05, 0.1) is 16.6 Å². The first kappa shape index (κ1) is 12.2. The van der Waals surface area contributed by atoms with Crippen LogP contribution in [0.1, 0.15) is 0 Å². The molecule has 3 aromatic rings. The minimum atomic E-state index is -1.02. The smallest absolute Gasteiger partial charge is 0.341 e. The van der Waals surface area contributed by atoms with E-state index in [1.54, 1.807) is 4.68 Å². The topological polar surface area (TPSA) is 64.3 Å². The molecule has 5 heteroatoms. The lowest BCUT2D eigenvalue weighted by Crippen LogP contribution is -2.10. The van der Waals surface area contributed by atoms with Crippen LogP contribution in [0.4, 0.5) is 0 Å². The molecule has 2 aromatic carbocycles. The van der Waals surface area contributed by atoms with Gasteiger partial charge >= 0.3 is 5.97 Å². The number of benzene rings is 2. The van der Waals surface area contributed by atoms with Crippen molar-refractivity contribution in [2.45, 2.75) is 0 Å². The van der Waals surface area contributed by atoms with Crippen LogP contribution in [0.25, 0.3) is 16.6 Å². The number of carboxylic acid groups (broad SMARTS) is 1. The highest BCUT2D eigenvalue weighted by Gasteiger charge is 2.13. The number of hydrogen-bond donors (Lipinski definition) is 1. The number of nitrogens with zero attached hydrogens (tertiary/aromatic N) is 2. The summed E-state index contributed by atoms with van der Waals surface area (Å²) < 4.78 is 6.99. The zero-order chi connectivity index (χ0) is 13.9. The molecule has 0 saturated heterocycles. The minimum absolute atomic E-state index is 0.326. The number of aliphatic carboxylic acids is 1. The molecule has 0 fully saturated rings. The van der Waals surface area contributed by atoms with Gasteiger partial charge in [0.1, 0.15) is 0 Å². The minimum Gasteiger partial charge on any atom is -0.479 e. The molecule has 1 N–H and O–H groups in total. The molecule has 0 atom stereocenters. The van der Waals surface area contributed by atoms with E-state index in [1.165, 1.54) is 0 Å². The SMILES string of the molecule is O=C(O)COc1nn(-c2ccccc2)c2ccccc12. The van der Waals surface area contributed by atoms with Crippen molar-refractivity contribution in [1.29, 1.82) is 0 Å². The fourth-order valence-corrected chi connectivity index (χ4v) is 2.04. The number of carbonyl (C=O) groups is 1. The molecule has 0 aliphatic heterocycles. The van der Waals surface area contributed by atoms with Crippen molar-refractivity contribution in [3.8, 4) is 11.6 Å². The van der Waals surface area contributed by atoms with Gasteiger partial charge in [0.15, 0.2) is 6.61 Å². The molecule has 0 aliphatic carbocycles. The second-order valence-electron chi connectivity index (χ2n) is 4.25. The number of fused-ring (bicyclic) bond motifs is 1. The van der Waals surface area contributed by atoms with Crippen LogP contribution in [0, 0.1) is 0 Å². The first-order valence-electron chi connectivity index (χ1n) is 6.13. The largest absolute Gasteiger partial charge is 0.479 e. The molecule has 5 nitrogen and oxygen atoms in total. The fraction of sp³-hybridized carbons (Fsp3) is 0.0667. The van der Waals surface area contributed by atoms with Gasteiger partial charge in [-0.15, -0.1) is 5.10 Å². The molecule has 0 spiro atoms. The van der Waals surface area contributed by atoms with Crippen molar-refractivity contribution in [3.63, 3.8) is 0 Å². The lowest BCUT2D eigenvalue weighted by molar-refractivity contribution is -0.139. The van der Waals surface area contributed by atoms with Crippen molar-refractivity contribution in [1.82, 2.24) is 9.78 Å². The lowest BCUT2D eigenvalue weighted by atomic mass is 10.2. The molecular formula is C15H12N2O3. The molecule has 1 heterocycles. The van der Waals surface area contributed by atoms with Crippen LogP contribution in [-0.2, 0) is 4.79 Å². The van der Waals surface area contributed by atoms with Gasteiger partial charge in [-0.1, -0.05) is 30.3 Å². The van der Waals surface area contributed by atoms with Crippen molar-refractivity contribution < 1.29 is 14.6 Å². The van der Waals surface area contributed by atoms with Crippen LogP contribution in [0.5, 0.6) is 5.88 Å². The zero-order valence-corrected chi connectivity index (χ0v) is 10.6.